The number of anilines is 1. The number of nitrogens with one attached hydrogen (secondary N) is 2. The third kappa shape index (κ3) is 4.11. The van der Waals surface area contributed by atoms with Gasteiger partial charge in [-0.05, 0) is 31.5 Å². The second kappa shape index (κ2) is 7.14. The molecule has 8 nitrogen and oxygen atoms in total. The molecule has 1 heterocycles. The number of rotatable bonds is 6. The summed E-state index contributed by atoms with van der Waals surface area (Å²) in [5, 5.41) is 26.3. The van der Waals surface area contributed by atoms with Gasteiger partial charge in [0.25, 0.3) is 5.69 Å². The Morgan fingerprint density at radius 2 is 2.17 bits per heavy atom. The maximum Gasteiger partial charge on any atom is 0.319 e. The molecule has 2 rings (SSSR count). The molecule has 0 spiro atoms. The van der Waals surface area contributed by atoms with E-state index in [2.05, 4.69) is 10.6 Å². The third-order valence-electron chi connectivity index (χ3n) is 3.57. The highest BCUT2D eigenvalue weighted by Gasteiger charge is 2.26. The van der Waals surface area contributed by atoms with Gasteiger partial charge in [0, 0.05) is 17.3 Å². The summed E-state index contributed by atoms with van der Waals surface area (Å²) in [6, 6.07) is 7.16. The number of nitro groups is 1. The van der Waals surface area contributed by atoms with Gasteiger partial charge >= 0.3 is 6.03 Å². The molecule has 0 fully saturated rings. The van der Waals surface area contributed by atoms with Crippen molar-refractivity contribution in [2.45, 2.75) is 25.9 Å². The lowest BCUT2D eigenvalue weighted by atomic mass is 10.0. The van der Waals surface area contributed by atoms with E-state index < -0.39 is 16.6 Å². The highest BCUT2D eigenvalue weighted by Crippen LogP contribution is 2.24. The smallest absolute Gasteiger partial charge is 0.319 e. The summed E-state index contributed by atoms with van der Waals surface area (Å²) < 4.78 is 5.12. The number of nitrogens with zero attached hydrogens (tertiary/aromatic N) is 1. The lowest BCUT2D eigenvalue weighted by Gasteiger charge is -2.21. The molecule has 0 saturated carbocycles. The van der Waals surface area contributed by atoms with Crippen molar-refractivity contribution in [3.05, 3.63) is 58.0 Å². The molecule has 1 unspecified atom stereocenters. The first-order chi connectivity index (χ1) is 11.3. The molecule has 3 N–H and O–H groups in total. The minimum absolute atomic E-state index is 0.0436. The van der Waals surface area contributed by atoms with Crippen LogP contribution in [-0.4, -0.2) is 22.6 Å². The number of aliphatic hydroxyl groups is 1. The molecule has 2 amide bonds. The van der Waals surface area contributed by atoms with Gasteiger partial charge in [-0.15, -0.1) is 0 Å². The summed E-state index contributed by atoms with van der Waals surface area (Å²) in [6.45, 7) is 3.24. The maximum atomic E-state index is 11.9. The topological polar surface area (TPSA) is 118 Å². The Balaban J connectivity index is 2.00. The molecule has 1 aromatic carbocycles. The zero-order valence-electron chi connectivity index (χ0n) is 13.4. The van der Waals surface area contributed by atoms with E-state index in [1.165, 1.54) is 19.3 Å². The van der Waals surface area contributed by atoms with Crippen LogP contribution < -0.4 is 10.6 Å². The van der Waals surface area contributed by atoms with Crippen molar-refractivity contribution in [2.75, 3.05) is 11.9 Å². The zero-order valence-corrected chi connectivity index (χ0v) is 13.4. The van der Waals surface area contributed by atoms with Crippen LogP contribution in [-0.2, 0) is 12.0 Å². The first-order valence-corrected chi connectivity index (χ1v) is 7.42. The molecule has 0 bridgehead atoms. The first-order valence-electron chi connectivity index (χ1n) is 7.42. The molecular formula is C16H19N3O5. The number of carbonyl (C=O) groups is 1. The second-order valence-electron chi connectivity index (χ2n) is 5.51. The van der Waals surface area contributed by atoms with Gasteiger partial charge in [-0.25, -0.2) is 4.79 Å². The molecule has 0 aliphatic rings. The highest BCUT2D eigenvalue weighted by atomic mass is 16.6. The zero-order chi connectivity index (χ0) is 17.7. The number of nitro benzene ring substituents is 1. The molecule has 0 aliphatic heterocycles. The van der Waals surface area contributed by atoms with Gasteiger partial charge in [0.05, 0.1) is 17.7 Å². The van der Waals surface area contributed by atoms with Crippen molar-refractivity contribution in [1.29, 1.82) is 0 Å². The molecule has 1 atom stereocenters. The monoisotopic (exact) mass is 333 g/mol. The van der Waals surface area contributed by atoms with Crippen molar-refractivity contribution >= 4 is 17.4 Å². The first kappa shape index (κ1) is 17.5. The summed E-state index contributed by atoms with van der Waals surface area (Å²) in [7, 11) is 0. The molecule has 128 valence electrons. The fourth-order valence-corrected chi connectivity index (χ4v) is 2.21. The molecular weight excluding hydrogens is 314 g/mol. The van der Waals surface area contributed by atoms with Crippen LogP contribution in [0, 0.1) is 10.1 Å². The van der Waals surface area contributed by atoms with Crippen LogP contribution in [0.2, 0.25) is 0 Å². The van der Waals surface area contributed by atoms with Crippen molar-refractivity contribution in [1.82, 2.24) is 5.32 Å². The Kier molecular flexibility index (Phi) is 5.20. The van der Waals surface area contributed by atoms with E-state index in [9.17, 15) is 20.0 Å². The number of hydrogen-bond acceptors (Lipinski definition) is 5. The molecule has 2 aromatic rings. The fourth-order valence-electron chi connectivity index (χ4n) is 2.21. The molecule has 0 saturated heterocycles. The molecule has 1 aromatic heterocycles. The number of hydrogen-bond donors (Lipinski definition) is 3. The van der Waals surface area contributed by atoms with E-state index in [1.807, 2.05) is 6.92 Å². The Hall–Kier alpha value is -2.87. The lowest BCUT2D eigenvalue weighted by molar-refractivity contribution is -0.385. The molecule has 8 heteroatoms. The van der Waals surface area contributed by atoms with E-state index >= 15 is 0 Å². The van der Waals surface area contributed by atoms with E-state index in [1.54, 1.807) is 24.3 Å². The van der Waals surface area contributed by atoms with Crippen LogP contribution in [0.5, 0.6) is 0 Å². The van der Waals surface area contributed by atoms with E-state index in [-0.39, 0.29) is 12.2 Å². The van der Waals surface area contributed by atoms with Crippen molar-refractivity contribution < 1.29 is 19.2 Å². The Morgan fingerprint density at radius 3 is 2.75 bits per heavy atom. The molecule has 24 heavy (non-hydrogen) atoms. The molecule has 0 aliphatic carbocycles. The van der Waals surface area contributed by atoms with Gasteiger partial charge in [0.2, 0.25) is 0 Å². The average Bonchev–Trinajstić information content (AvgIpc) is 3.08. The number of aryl methyl sites for hydroxylation is 1. The average molecular weight is 333 g/mol. The van der Waals surface area contributed by atoms with Gasteiger partial charge < -0.3 is 20.2 Å². The van der Waals surface area contributed by atoms with Crippen molar-refractivity contribution in [3.8, 4) is 0 Å². The number of carbonyl (C=O) groups excluding carboxylic acids is 1. The van der Waals surface area contributed by atoms with Gasteiger partial charge in [-0.2, -0.15) is 0 Å². The van der Waals surface area contributed by atoms with E-state index in [0.29, 0.717) is 23.4 Å². The van der Waals surface area contributed by atoms with E-state index in [4.69, 9.17) is 4.42 Å². The van der Waals surface area contributed by atoms with Gasteiger partial charge in [-0.3, -0.25) is 10.1 Å². The summed E-state index contributed by atoms with van der Waals surface area (Å²) in [6.07, 6.45) is 1.95. The molecule has 0 radical (unpaired) electrons. The Morgan fingerprint density at radius 1 is 1.42 bits per heavy atom. The number of benzene rings is 1. The number of furan rings is 1. The van der Waals surface area contributed by atoms with Crippen LogP contribution in [0.4, 0.5) is 16.2 Å². The summed E-state index contributed by atoms with van der Waals surface area (Å²) in [5.74, 6) is 0.325. The highest BCUT2D eigenvalue weighted by molar-refractivity contribution is 5.89. The van der Waals surface area contributed by atoms with Crippen molar-refractivity contribution in [3.63, 3.8) is 0 Å². The Labute approximate surface area is 138 Å². The van der Waals surface area contributed by atoms with Crippen molar-refractivity contribution in [2.24, 2.45) is 0 Å². The maximum absolute atomic E-state index is 11.9. The quantitative estimate of drug-likeness (QED) is 0.555. The summed E-state index contributed by atoms with van der Waals surface area (Å²) in [5.41, 5.74) is -0.516. The number of amides is 2. The van der Waals surface area contributed by atoms with Crippen LogP contribution >= 0.6 is 0 Å². The van der Waals surface area contributed by atoms with Crippen LogP contribution in [0.15, 0.2) is 41.0 Å². The Bertz CT molecular complexity index is 725. The van der Waals surface area contributed by atoms with Gasteiger partial charge in [0.1, 0.15) is 11.4 Å². The largest absolute Gasteiger partial charge is 0.466 e. The third-order valence-corrected chi connectivity index (χ3v) is 3.57. The fraction of sp³-hybridized carbons (Fsp3) is 0.312. The minimum Gasteiger partial charge on any atom is -0.466 e. The van der Waals surface area contributed by atoms with Crippen LogP contribution in [0.25, 0.3) is 0 Å². The summed E-state index contributed by atoms with van der Waals surface area (Å²) in [4.78, 5) is 22.5. The van der Waals surface area contributed by atoms with Gasteiger partial charge in [-0.1, -0.05) is 13.0 Å². The lowest BCUT2D eigenvalue weighted by Crippen LogP contribution is -2.40. The normalized spacial score (nSPS) is 13.1. The standard InChI is InChI=1S/C16H19N3O5/c1-3-11-6-7-12(9-13(11)19(22)23)18-15(20)17-10-16(2,21)14-5-4-8-24-14/h4-9,21H,3,10H2,1-2H3,(H2,17,18,20). The van der Waals surface area contributed by atoms with Crippen LogP contribution in [0.1, 0.15) is 25.2 Å². The second-order valence-corrected chi connectivity index (χ2v) is 5.51. The SMILES string of the molecule is CCc1ccc(NC(=O)NCC(C)(O)c2ccco2)cc1[N+](=O)[O-]. The summed E-state index contributed by atoms with van der Waals surface area (Å²) >= 11 is 0. The predicted octanol–water partition coefficient (Wildman–Crippen LogP) is 2.78. The number of urea groups is 1. The van der Waals surface area contributed by atoms with Gasteiger partial charge in [0.15, 0.2) is 0 Å². The minimum atomic E-state index is -1.36. The predicted molar refractivity (Wildman–Crippen MR) is 87.8 cm³/mol. The van der Waals surface area contributed by atoms with E-state index in [0.717, 1.165) is 0 Å². The van der Waals surface area contributed by atoms with Crippen LogP contribution in [0.3, 0.4) is 0 Å².